The number of Topliss-reactive ketones (excluding diaryl/α,β-unsaturated/α-hetero) is 1. The molecule has 0 fully saturated rings. The van der Waals surface area contributed by atoms with Crippen molar-refractivity contribution in [2.75, 3.05) is 14.2 Å². The zero-order valence-electron chi connectivity index (χ0n) is 13.9. The van der Waals surface area contributed by atoms with Crippen LogP contribution in [0.1, 0.15) is 13.8 Å². The van der Waals surface area contributed by atoms with E-state index >= 15 is 0 Å². The molecule has 0 saturated heterocycles. The molecule has 1 aliphatic rings. The highest BCUT2D eigenvalue weighted by Crippen LogP contribution is 2.31. The molecule has 24 heavy (non-hydrogen) atoms. The molecule has 0 radical (unpaired) electrons. The van der Waals surface area contributed by atoms with Crippen LogP contribution in [0.3, 0.4) is 0 Å². The maximum absolute atomic E-state index is 11.1. The van der Waals surface area contributed by atoms with E-state index in [1.807, 2.05) is 0 Å². The first-order valence-corrected chi connectivity index (χ1v) is 6.55. The zero-order chi connectivity index (χ0) is 19.1. The Balaban J connectivity index is 0.000000441. The molecule has 132 valence electrons. The largest absolute Gasteiger partial charge is 0.494 e. The van der Waals surface area contributed by atoms with E-state index in [1.54, 1.807) is 6.92 Å². The second-order valence-corrected chi connectivity index (χ2v) is 4.72. The molecule has 0 spiro atoms. The third-order valence-corrected chi connectivity index (χ3v) is 2.72. The normalized spacial score (nSPS) is 19.3. The Morgan fingerprint density at radius 2 is 1.83 bits per heavy atom. The second-order valence-electron chi connectivity index (χ2n) is 4.72. The second kappa shape index (κ2) is 8.68. The van der Waals surface area contributed by atoms with E-state index in [0.717, 1.165) is 6.08 Å². The summed E-state index contributed by atoms with van der Waals surface area (Å²) in [5.74, 6) is -4.26. The van der Waals surface area contributed by atoms with Gasteiger partial charge in [0, 0.05) is 0 Å². The summed E-state index contributed by atoms with van der Waals surface area (Å²) in [5.41, 5.74) is 0.547. The molecule has 8 heteroatoms. The van der Waals surface area contributed by atoms with Crippen LogP contribution >= 0.6 is 0 Å². The number of cyclic esters (lactones) is 1. The Hall–Kier alpha value is -2.87. The monoisotopic (exact) mass is 340 g/mol. The van der Waals surface area contributed by atoms with E-state index in [1.165, 1.54) is 21.1 Å². The van der Waals surface area contributed by atoms with Gasteiger partial charge in [-0.25, -0.2) is 9.59 Å². The molecule has 1 atom stereocenters. The highest BCUT2D eigenvalue weighted by molar-refractivity contribution is 6.08. The Kier molecular flexibility index (Phi) is 7.64. The van der Waals surface area contributed by atoms with Crippen molar-refractivity contribution < 1.29 is 38.8 Å². The van der Waals surface area contributed by atoms with Gasteiger partial charge < -0.3 is 24.4 Å². The number of aliphatic carboxylic acids is 1. The molecule has 1 aliphatic heterocycles. The molecule has 1 rings (SSSR count). The Morgan fingerprint density at radius 3 is 2.12 bits per heavy atom. The first-order valence-electron chi connectivity index (χ1n) is 6.55. The molecular weight excluding hydrogens is 320 g/mol. The van der Waals surface area contributed by atoms with Crippen LogP contribution in [0.15, 0.2) is 48.0 Å². The summed E-state index contributed by atoms with van der Waals surface area (Å²) in [5, 5.41) is 18.0. The number of carboxylic acid groups (broad SMARTS) is 1. The lowest BCUT2D eigenvalue weighted by Crippen LogP contribution is -2.33. The molecular formula is C16H20O8. The highest BCUT2D eigenvalue weighted by Gasteiger charge is 2.43. The maximum Gasteiger partial charge on any atom is 0.337 e. The molecule has 2 N–H and O–H groups in total. The van der Waals surface area contributed by atoms with Crippen LogP contribution in [-0.4, -0.2) is 47.9 Å². The van der Waals surface area contributed by atoms with E-state index in [2.05, 4.69) is 22.6 Å². The van der Waals surface area contributed by atoms with Gasteiger partial charge in [-0.2, -0.15) is 0 Å². The lowest BCUT2D eigenvalue weighted by atomic mass is 10.1. The molecule has 0 amide bonds. The van der Waals surface area contributed by atoms with Gasteiger partial charge in [0.25, 0.3) is 5.79 Å². The van der Waals surface area contributed by atoms with Crippen molar-refractivity contribution in [3.05, 3.63) is 48.0 Å². The van der Waals surface area contributed by atoms with Gasteiger partial charge in [-0.05, 0) is 25.0 Å². The number of hydrogen-bond acceptors (Lipinski definition) is 7. The third kappa shape index (κ3) is 5.40. The number of hydrogen-bond donors (Lipinski definition) is 2. The fraction of sp³-hybridized carbons (Fsp3) is 0.312. The SMILES string of the molecule is C=C(C)C(=O)/C(=C/C(=O)O)OC.C=C(C)C1(O)OC(=O)C=C1OC. The average molecular weight is 340 g/mol. The van der Waals surface area contributed by atoms with Crippen molar-refractivity contribution in [1.29, 1.82) is 0 Å². The number of carboxylic acids is 1. The van der Waals surface area contributed by atoms with E-state index in [-0.39, 0.29) is 17.1 Å². The van der Waals surface area contributed by atoms with Crippen LogP contribution in [0.5, 0.6) is 0 Å². The van der Waals surface area contributed by atoms with Crippen molar-refractivity contribution in [2.24, 2.45) is 0 Å². The molecule has 1 heterocycles. The number of methoxy groups -OCH3 is 2. The Morgan fingerprint density at radius 1 is 1.29 bits per heavy atom. The van der Waals surface area contributed by atoms with Crippen molar-refractivity contribution >= 4 is 17.7 Å². The van der Waals surface area contributed by atoms with E-state index in [4.69, 9.17) is 9.84 Å². The van der Waals surface area contributed by atoms with Crippen LogP contribution in [0.2, 0.25) is 0 Å². The number of aliphatic hydroxyl groups is 1. The van der Waals surface area contributed by atoms with Crippen molar-refractivity contribution in [3.63, 3.8) is 0 Å². The summed E-state index contributed by atoms with van der Waals surface area (Å²) in [7, 11) is 2.58. The minimum absolute atomic E-state index is 0.0694. The molecule has 0 bridgehead atoms. The Bertz CT molecular complexity index is 626. The van der Waals surface area contributed by atoms with Gasteiger partial charge >= 0.3 is 11.9 Å². The summed E-state index contributed by atoms with van der Waals surface area (Å²) in [6.07, 6.45) is 1.80. The topological polar surface area (TPSA) is 119 Å². The van der Waals surface area contributed by atoms with Crippen LogP contribution in [0.25, 0.3) is 0 Å². The van der Waals surface area contributed by atoms with E-state index in [0.29, 0.717) is 11.6 Å². The van der Waals surface area contributed by atoms with Crippen LogP contribution in [-0.2, 0) is 28.6 Å². The molecule has 8 nitrogen and oxygen atoms in total. The lowest BCUT2D eigenvalue weighted by Gasteiger charge is -2.23. The molecule has 0 aromatic heterocycles. The van der Waals surface area contributed by atoms with Crippen LogP contribution < -0.4 is 0 Å². The molecule has 0 aromatic rings. The van der Waals surface area contributed by atoms with Gasteiger partial charge in [0.2, 0.25) is 5.78 Å². The lowest BCUT2D eigenvalue weighted by molar-refractivity contribution is -0.176. The quantitative estimate of drug-likeness (QED) is 0.319. The summed E-state index contributed by atoms with van der Waals surface area (Å²) in [4.78, 5) is 32.0. The van der Waals surface area contributed by atoms with E-state index in [9.17, 15) is 19.5 Å². The number of ether oxygens (including phenoxy) is 3. The van der Waals surface area contributed by atoms with Gasteiger partial charge in [0.1, 0.15) is 0 Å². The summed E-state index contributed by atoms with van der Waals surface area (Å²) < 4.78 is 13.9. The highest BCUT2D eigenvalue weighted by atomic mass is 16.7. The van der Waals surface area contributed by atoms with Gasteiger partial charge in [-0.1, -0.05) is 13.2 Å². The standard InChI is InChI=1S/2C8H10O4/c1-5(2)8(10)6(11-3)4-7(9)12-8;1-5(2)8(11)6(12-3)4-7(9)10/h4,10H,1H2,2-3H3;4H,1H2,2-3H3,(H,9,10)/b;6-4-. The molecule has 1 unspecified atom stereocenters. The maximum atomic E-state index is 11.1. The summed E-state index contributed by atoms with van der Waals surface area (Å²) in [6, 6.07) is 0. The third-order valence-electron chi connectivity index (χ3n) is 2.72. The van der Waals surface area contributed by atoms with Gasteiger partial charge in [0.15, 0.2) is 11.5 Å². The minimum atomic E-state index is -1.77. The van der Waals surface area contributed by atoms with Crippen molar-refractivity contribution in [2.45, 2.75) is 19.6 Å². The molecule has 0 aromatic carbocycles. The molecule has 0 aliphatic carbocycles. The number of rotatable bonds is 6. The van der Waals surface area contributed by atoms with Gasteiger partial charge in [-0.15, -0.1) is 0 Å². The number of carbonyl (C=O) groups excluding carboxylic acids is 2. The van der Waals surface area contributed by atoms with Crippen molar-refractivity contribution in [1.82, 2.24) is 0 Å². The predicted molar refractivity (Wildman–Crippen MR) is 83.5 cm³/mol. The fourth-order valence-electron chi connectivity index (χ4n) is 1.46. The smallest absolute Gasteiger partial charge is 0.337 e. The van der Waals surface area contributed by atoms with Gasteiger partial charge in [-0.3, -0.25) is 4.79 Å². The fourth-order valence-corrected chi connectivity index (χ4v) is 1.46. The number of esters is 1. The summed E-state index contributed by atoms with van der Waals surface area (Å²) in [6.45, 7) is 9.89. The number of carbonyl (C=O) groups is 3. The average Bonchev–Trinajstić information content (AvgIpc) is 2.79. The zero-order valence-corrected chi connectivity index (χ0v) is 13.9. The predicted octanol–water partition coefficient (Wildman–Crippen LogP) is 1.08. The van der Waals surface area contributed by atoms with E-state index < -0.39 is 23.5 Å². The number of allylic oxidation sites excluding steroid dienone is 1. The van der Waals surface area contributed by atoms with Crippen molar-refractivity contribution in [3.8, 4) is 0 Å². The van der Waals surface area contributed by atoms with Crippen LogP contribution in [0.4, 0.5) is 0 Å². The first kappa shape index (κ1) is 21.1. The minimum Gasteiger partial charge on any atom is -0.494 e. The van der Waals surface area contributed by atoms with Crippen LogP contribution in [0, 0.1) is 0 Å². The Labute approximate surface area is 139 Å². The number of ketones is 1. The summed E-state index contributed by atoms with van der Waals surface area (Å²) >= 11 is 0. The first-order chi connectivity index (χ1) is 11.0. The molecule has 0 saturated carbocycles. The van der Waals surface area contributed by atoms with Gasteiger partial charge in [0.05, 0.1) is 26.4 Å².